The van der Waals surface area contributed by atoms with Gasteiger partial charge in [-0.05, 0) is 43.7 Å². The van der Waals surface area contributed by atoms with E-state index in [4.69, 9.17) is 4.52 Å². The molecule has 3 aromatic rings. The first-order chi connectivity index (χ1) is 14.4. The van der Waals surface area contributed by atoms with Crippen molar-refractivity contribution in [1.29, 1.82) is 0 Å². The minimum absolute atomic E-state index is 0.0999. The first-order valence-electron chi connectivity index (χ1n) is 9.99. The number of piperazine rings is 1. The monoisotopic (exact) mass is 426 g/mol. The van der Waals surface area contributed by atoms with Gasteiger partial charge in [-0.3, -0.25) is 9.62 Å². The molecule has 1 saturated heterocycles. The van der Waals surface area contributed by atoms with E-state index in [0.717, 1.165) is 38.3 Å². The summed E-state index contributed by atoms with van der Waals surface area (Å²) in [5.41, 5.74) is 3.30. The van der Waals surface area contributed by atoms with Gasteiger partial charge in [0.15, 0.2) is 10.7 Å². The fourth-order valence-electron chi connectivity index (χ4n) is 3.80. The normalized spacial score (nSPS) is 15.3. The molecule has 0 bridgehead atoms. The van der Waals surface area contributed by atoms with E-state index in [0.29, 0.717) is 11.4 Å². The van der Waals surface area contributed by atoms with Crippen LogP contribution in [0.25, 0.3) is 0 Å². The van der Waals surface area contributed by atoms with E-state index >= 15 is 0 Å². The maximum atomic E-state index is 12.6. The maximum absolute atomic E-state index is 12.6. The molecule has 2 heterocycles. The second-order valence-corrected chi connectivity index (χ2v) is 9.17. The molecule has 0 radical (unpaired) electrons. The Hall–Kier alpha value is -2.84. The van der Waals surface area contributed by atoms with Crippen molar-refractivity contribution < 1.29 is 12.9 Å². The number of hydrogen-bond acceptors (Lipinski definition) is 6. The van der Waals surface area contributed by atoms with Gasteiger partial charge in [-0.15, -0.1) is 0 Å². The molecule has 1 fully saturated rings. The van der Waals surface area contributed by atoms with Crippen LogP contribution in [0.15, 0.2) is 64.0 Å². The fraction of sp³-hybridized carbons (Fsp3) is 0.318. The highest BCUT2D eigenvalue weighted by molar-refractivity contribution is 7.92. The van der Waals surface area contributed by atoms with Crippen molar-refractivity contribution in [2.45, 2.75) is 25.3 Å². The Morgan fingerprint density at radius 2 is 1.63 bits per heavy atom. The van der Waals surface area contributed by atoms with Crippen LogP contribution in [0, 0.1) is 13.8 Å². The van der Waals surface area contributed by atoms with Gasteiger partial charge in [0.2, 0.25) is 0 Å². The van der Waals surface area contributed by atoms with Crippen LogP contribution in [0.3, 0.4) is 0 Å². The highest BCUT2D eigenvalue weighted by Crippen LogP contribution is 2.23. The minimum atomic E-state index is -3.73. The van der Waals surface area contributed by atoms with Gasteiger partial charge in [-0.2, -0.15) is 0 Å². The first-order valence-corrected chi connectivity index (χ1v) is 11.5. The molecule has 0 spiro atoms. The SMILES string of the molecule is Cc1noc(C)c1S(=O)(=O)Nc1ccc(CN2CCN(c3ccccc3)CC2)cc1. The third kappa shape index (κ3) is 4.49. The summed E-state index contributed by atoms with van der Waals surface area (Å²) in [5, 5.41) is 3.72. The van der Waals surface area contributed by atoms with Crippen LogP contribution in [-0.4, -0.2) is 44.7 Å². The minimum Gasteiger partial charge on any atom is -0.369 e. The highest BCUT2D eigenvalue weighted by atomic mass is 32.2. The van der Waals surface area contributed by atoms with E-state index in [9.17, 15) is 8.42 Å². The van der Waals surface area contributed by atoms with Crippen molar-refractivity contribution in [3.05, 3.63) is 71.6 Å². The quantitative estimate of drug-likeness (QED) is 0.651. The number of nitrogens with zero attached hydrogens (tertiary/aromatic N) is 3. The summed E-state index contributed by atoms with van der Waals surface area (Å²) in [6, 6.07) is 18.0. The van der Waals surface area contributed by atoms with Crippen molar-refractivity contribution in [1.82, 2.24) is 10.1 Å². The molecule has 0 amide bonds. The fourth-order valence-corrected chi connectivity index (χ4v) is 5.19. The van der Waals surface area contributed by atoms with Crippen molar-refractivity contribution in [2.24, 2.45) is 0 Å². The van der Waals surface area contributed by atoms with Gasteiger partial charge < -0.3 is 9.42 Å². The summed E-state index contributed by atoms with van der Waals surface area (Å²) in [5.74, 6) is 0.284. The Kier molecular flexibility index (Phi) is 5.78. The zero-order valence-electron chi connectivity index (χ0n) is 17.2. The Bertz CT molecular complexity index is 1070. The van der Waals surface area contributed by atoms with Gasteiger partial charge in [0, 0.05) is 44.1 Å². The number of aryl methyl sites for hydroxylation is 2. The molecule has 2 aromatic carbocycles. The van der Waals surface area contributed by atoms with Crippen LogP contribution in [0.1, 0.15) is 17.0 Å². The lowest BCUT2D eigenvalue weighted by Crippen LogP contribution is -2.45. The van der Waals surface area contributed by atoms with Crippen molar-refractivity contribution >= 4 is 21.4 Å². The van der Waals surface area contributed by atoms with E-state index in [1.807, 2.05) is 18.2 Å². The van der Waals surface area contributed by atoms with Gasteiger partial charge in [0.1, 0.15) is 5.69 Å². The Balaban J connectivity index is 1.34. The predicted molar refractivity (Wildman–Crippen MR) is 117 cm³/mol. The summed E-state index contributed by atoms with van der Waals surface area (Å²) >= 11 is 0. The summed E-state index contributed by atoms with van der Waals surface area (Å²) in [7, 11) is -3.73. The van der Waals surface area contributed by atoms with Gasteiger partial charge in [0.05, 0.1) is 0 Å². The van der Waals surface area contributed by atoms with Gasteiger partial charge >= 0.3 is 0 Å². The van der Waals surface area contributed by atoms with Gasteiger partial charge in [0.25, 0.3) is 10.0 Å². The molecule has 158 valence electrons. The standard InChI is InChI=1S/C22H26N4O3S/c1-17-22(18(2)29-23-17)30(27,28)24-20-10-8-19(9-11-20)16-25-12-14-26(15-13-25)21-6-4-3-5-7-21/h3-11,24H,12-16H2,1-2H3. The molecule has 8 heteroatoms. The summed E-state index contributed by atoms with van der Waals surface area (Å²) in [4.78, 5) is 4.92. The lowest BCUT2D eigenvalue weighted by Gasteiger charge is -2.36. The van der Waals surface area contributed by atoms with Crippen LogP contribution < -0.4 is 9.62 Å². The molecule has 0 saturated carbocycles. The number of sulfonamides is 1. The topological polar surface area (TPSA) is 78.7 Å². The molecule has 1 aromatic heterocycles. The Morgan fingerprint density at radius 1 is 0.967 bits per heavy atom. The summed E-state index contributed by atoms with van der Waals surface area (Å²) in [6.07, 6.45) is 0. The van der Waals surface area contributed by atoms with Crippen LogP contribution >= 0.6 is 0 Å². The van der Waals surface area contributed by atoms with E-state index in [-0.39, 0.29) is 10.7 Å². The number of hydrogen-bond donors (Lipinski definition) is 1. The number of aromatic nitrogens is 1. The Labute approximate surface area is 177 Å². The zero-order chi connectivity index (χ0) is 21.1. The van der Waals surface area contributed by atoms with E-state index in [1.54, 1.807) is 26.0 Å². The van der Waals surface area contributed by atoms with E-state index in [1.165, 1.54) is 5.69 Å². The van der Waals surface area contributed by atoms with Crippen LogP contribution in [0.2, 0.25) is 0 Å². The first kappa shape index (κ1) is 20.4. The molecule has 1 aliphatic heterocycles. The predicted octanol–water partition coefficient (Wildman–Crippen LogP) is 3.41. The number of nitrogens with one attached hydrogen (secondary N) is 1. The largest absolute Gasteiger partial charge is 0.369 e. The third-order valence-corrected chi connectivity index (χ3v) is 6.97. The highest BCUT2D eigenvalue weighted by Gasteiger charge is 2.24. The number of para-hydroxylation sites is 1. The van der Waals surface area contributed by atoms with Crippen molar-refractivity contribution in [3.63, 3.8) is 0 Å². The second kappa shape index (κ2) is 8.49. The summed E-state index contributed by atoms with van der Waals surface area (Å²) in [6.45, 7) is 8.05. The van der Waals surface area contributed by atoms with Crippen molar-refractivity contribution in [2.75, 3.05) is 35.8 Å². The zero-order valence-corrected chi connectivity index (χ0v) is 18.0. The van der Waals surface area contributed by atoms with Crippen LogP contribution in [0.5, 0.6) is 0 Å². The number of anilines is 2. The smallest absolute Gasteiger partial charge is 0.267 e. The number of benzene rings is 2. The molecule has 0 aliphatic carbocycles. The third-order valence-electron chi connectivity index (χ3n) is 5.34. The molecular weight excluding hydrogens is 400 g/mol. The van der Waals surface area contributed by atoms with Crippen LogP contribution in [0.4, 0.5) is 11.4 Å². The summed E-state index contributed by atoms with van der Waals surface area (Å²) < 4.78 is 32.8. The maximum Gasteiger partial charge on any atom is 0.267 e. The average Bonchev–Trinajstić information content (AvgIpc) is 3.09. The Morgan fingerprint density at radius 3 is 2.23 bits per heavy atom. The van der Waals surface area contributed by atoms with Crippen molar-refractivity contribution in [3.8, 4) is 0 Å². The second-order valence-electron chi connectivity index (χ2n) is 7.55. The average molecular weight is 427 g/mol. The molecule has 30 heavy (non-hydrogen) atoms. The van der Waals surface area contributed by atoms with E-state index in [2.05, 4.69) is 43.9 Å². The molecule has 0 unspecified atom stereocenters. The molecular formula is C22H26N4O3S. The van der Waals surface area contributed by atoms with Crippen LogP contribution in [-0.2, 0) is 16.6 Å². The molecule has 4 rings (SSSR count). The molecule has 1 N–H and O–H groups in total. The molecule has 7 nitrogen and oxygen atoms in total. The lowest BCUT2D eigenvalue weighted by atomic mass is 10.1. The molecule has 0 atom stereocenters. The van der Waals surface area contributed by atoms with Gasteiger partial charge in [-0.25, -0.2) is 8.42 Å². The lowest BCUT2D eigenvalue weighted by molar-refractivity contribution is 0.250. The number of rotatable bonds is 6. The van der Waals surface area contributed by atoms with Gasteiger partial charge in [-0.1, -0.05) is 35.5 Å². The van der Waals surface area contributed by atoms with E-state index < -0.39 is 10.0 Å². The molecule has 1 aliphatic rings.